The minimum absolute atomic E-state index is 0. The van der Waals surface area contributed by atoms with E-state index in [1.54, 1.807) is 45.9 Å². The average Bonchev–Trinajstić information content (AvgIpc) is 3.78. The number of carbonyl (C=O) groups excluding carboxylic acids is 4. The number of rotatable bonds is 11. The van der Waals surface area contributed by atoms with E-state index in [0.717, 1.165) is 0 Å². The number of aliphatic hydroxyl groups excluding tert-OH is 1. The second-order valence-electron chi connectivity index (χ2n) is 17.5. The summed E-state index contributed by atoms with van der Waals surface area (Å²) in [5, 5.41) is 27.9. The van der Waals surface area contributed by atoms with Crippen LogP contribution in [0.4, 0.5) is 4.79 Å². The Kier molecular flexibility index (Phi) is 16.9. The minimum Gasteiger partial charge on any atom is -0.458 e. The SMILES string of the molecule is C.CC[C@H]1OC(=O)[C@H](C)C(=O)C[C@@H](O[C@@H]2O[C@H](C)CC(N(C)C)C2O)[C@](C)(OC)C[C@@H](C)CN(C(C)=O)[C@H](C)[C@H]2N(CCCCn3cc(-c4cccnn4)nn3)C(=O)O[C@]12C. The Labute approximate surface area is 360 Å². The van der Waals surface area contributed by atoms with Gasteiger partial charge in [-0.3, -0.25) is 24.0 Å². The summed E-state index contributed by atoms with van der Waals surface area (Å²) in [6.07, 6.45) is 0.659. The highest BCUT2D eigenvalue weighted by Crippen LogP contribution is 2.41. The third-order valence-corrected chi connectivity index (χ3v) is 12.7. The molecule has 2 unspecified atom stereocenters. The number of unbranched alkanes of at least 4 members (excludes halogenated alkanes) is 1. The lowest BCUT2D eigenvalue weighted by Gasteiger charge is -2.46. The van der Waals surface area contributed by atoms with Gasteiger partial charge in [0.2, 0.25) is 5.91 Å². The fraction of sp³-hybridized carbons (Fsp3) is 0.767. The first-order chi connectivity index (χ1) is 28.3. The third kappa shape index (κ3) is 11.1. The van der Waals surface area contributed by atoms with Gasteiger partial charge in [0.1, 0.15) is 35.3 Å². The van der Waals surface area contributed by atoms with Gasteiger partial charge in [-0.1, -0.05) is 26.5 Å². The van der Waals surface area contributed by atoms with Gasteiger partial charge in [0, 0.05) is 52.3 Å². The summed E-state index contributed by atoms with van der Waals surface area (Å²) in [6.45, 7) is 15.2. The molecule has 5 heterocycles. The maximum absolute atomic E-state index is 14.1. The standard InChI is InChI=1S/C42H66N8O10.CH4/c1-12-34-42(8)37(49(40(55)60-42)19-14-13-18-48-24-31(45-46-48)30-16-15-17-43-44-30)28(5)50(29(6)51)23-25(2)22-41(7,56-11)35(21-33(52)27(4)38(54)58-34)59-39-36(53)32(47(9)10)20-26(3)57-39;/h15-17,24-28,32,34-37,39,53H,12-14,18-23H2,1-11H3;1H4/t25-,26-,27-,28-,32?,34-,35-,36?,37-,39+,41-,42-;/m1./s1. The molecule has 2 aromatic heterocycles. The highest BCUT2D eigenvalue weighted by Gasteiger charge is 2.59. The Hall–Kier alpha value is -4.10. The molecule has 3 aliphatic rings. The van der Waals surface area contributed by atoms with Crippen molar-refractivity contribution in [1.82, 2.24) is 39.9 Å². The molecule has 1 N–H and O–H groups in total. The molecule has 0 aliphatic carbocycles. The van der Waals surface area contributed by atoms with E-state index in [2.05, 4.69) is 20.5 Å². The third-order valence-electron chi connectivity index (χ3n) is 12.7. The molecule has 2 aromatic rings. The number of amides is 2. The van der Waals surface area contributed by atoms with Crippen molar-refractivity contribution in [1.29, 1.82) is 0 Å². The van der Waals surface area contributed by atoms with Gasteiger partial charge in [-0.15, -0.1) is 10.2 Å². The number of Topliss-reactive ketones (excluding diaryl/α,β-unsaturated/α-hetero) is 1. The number of ketones is 1. The molecule has 18 heteroatoms. The Balaban J connectivity index is 0.00000819. The smallest absolute Gasteiger partial charge is 0.410 e. The van der Waals surface area contributed by atoms with E-state index in [0.29, 0.717) is 50.2 Å². The number of ether oxygens (including phenoxy) is 5. The number of aryl methyl sites for hydroxylation is 1. The Bertz CT molecular complexity index is 1780. The molecular weight excluding hydrogens is 789 g/mol. The lowest BCUT2D eigenvalue weighted by molar-refractivity contribution is -0.289. The first kappa shape index (κ1) is 49.6. The molecular formula is C43H70N8O10. The number of hydrogen-bond acceptors (Lipinski definition) is 15. The second-order valence-corrected chi connectivity index (χ2v) is 17.5. The van der Waals surface area contributed by atoms with Crippen LogP contribution in [0.1, 0.15) is 101 Å². The zero-order chi connectivity index (χ0) is 44.1. The number of esters is 1. The molecule has 12 atom stereocenters. The summed E-state index contributed by atoms with van der Waals surface area (Å²) in [6, 6.07) is 1.99. The quantitative estimate of drug-likeness (QED) is 0.192. The van der Waals surface area contributed by atoms with Crippen LogP contribution in [0.25, 0.3) is 11.4 Å². The predicted molar refractivity (Wildman–Crippen MR) is 225 cm³/mol. The molecule has 0 bridgehead atoms. The number of likely N-dealkylation sites (N-methyl/N-ethyl adjacent to an activating group) is 1. The van der Waals surface area contributed by atoms with E-state index < -0.39 is 71.7 Å². The summed E-state index contributed by atoms with van der Waals surface area (Å²) >= 11 is 0. The van der Waals surface area contributed by atoms with E-state index in [1.165, 1.54) is 21.0 Å². The summed E-state index contributed by atoms with van der Waals surface area (Å²) in [5.41, 5.74) is -1.32. The first-order valence-electron chi connectivity index (χ1n) is 21.2. The molecule has 2 amide bonds. The number of methoxy groups -OCH3 is 1. The van der Waals surface area contributed by atoms with Gasteiger partial charge in [-0.25, -0.2) is 4.79 Å². The van der Waals surface area contributed by atoms with Crippen molar-refractivity contribution < 1.29 is 48.0 Å². The minimum atomic E-state index is -1.39. The topological polar surface area (TPSA) is 201 Å². The number of cyclic esters (lactones) is 1. The number of aliphatic hydroxyl groups is 1. The molecule has 0 aromatic carbocycles. The highest BCUT2D eigenvalue weighted by molar-refractivity contribution is 5.99. The molecule has 18 nitrogen and oxygen atoms in total. The summed E-state index contributed by atoms with van der Waals surface area (Å²) in [7, 11) is 5.29. The van der Waals surface area contributed by atoms with Gasteiger partial charge >= 0.3 is 12.1 Å². The van der Waals surface area contributed by atoms with Crippen molar-refractivity contribution in [2.45, 2.75) is 168 Å². The molecule has 5 rings (SSSR count). The van der Waals surface area contributed by atoms with Crippen LogP contribution < -0.4 is 0 Å². The molecule has 61 heavy (non-hydrogen) atoms. The van der Waals surface area contributed by atoms with Crippen LogP contribution in [0.2, 0.25) is 0 Å². The van der Waals surface area contributed by atoms with Crippen LogP contribution in [0.15, 0.2) is 24.5 Å². The molecule has 342 valence electrons. The van der Waals surface area contributed by atoms with Crippen LogP contribution >= 0.6 is 0 Å². The fourth-order valence-electron chi connectivity index (χ4n) is 9.23. The Morgan fingerprint density at radius 2 is 1.77 bits per heavy atom. The van der Waals surface area contributed by atoms with E-state index in [1.807, 2.05) is 53.6 Å². The lowest BCUT2D eigenvalue weighted by Crippen LogP contribution is -2.62. The van der Waals surface area contributed by atoms with Gasteiger partial charge in [-0.05, 0) is 98.9 Å². The van der Waals surface area contributed by atoms with E-state index in [4.69, 9.17) is 23.7 Å². The Morgan fingerprint density at radius 3 is 2.39 bits per heavy atom. The van der Waals surface area contributed by atoms with Crippen LogP contribution in [-0.4, -0.2) is 163 Å². The average molecular weight is 859 g/mol. The molecule has 3 saturated heterocycles. The molecule has 3 fully saturated rings. The fourth-order valence-corrected chi connectivity index (χ4v) is 9.23. The Morgan fingerprint density at radius 1 is 1.07 bits per heavy atom. The van der Waals surface area contributed by atoms with Crippen molar-refractivity contribution >= 4 is 23.8 Å². The predicted octanol–water partition coefficient (Wildman–Crippen LogP) is 4.14. The van der Waals surface area contributed by atoms with Crippen LogP contribution in [0.3, 0.4) is 0 Å². The van der Waals surface area contributed by atoms with Crippen LogP contribution in [-0.2, 0) is 44.6 Å². The lowest BCUT2D eigenvalue weighted by atomic mass is 9.82. The number of hydrogen-bond donors (Lipinski definition) is 1. The van der Waals surface area contributed by atoms with E-state index >= 15 is 0 Å². The van der Waals surface area contributed by atoms with Gasteiger partial charge in [-0.2, -0.15) is 5.10 Å². The molecule has 0 saturated carbocycles. The largest absolute Gasteiger partial charge is 0.458 e. The van der Waals surface area contributed by atoms with Crippen molar-refractivity contribution in [3.8, 4) is 11.4 Å². The van der Waals surface area contributed by atoms with Crippen molar-refractivity contribution in [2.24, 2.45) is 11.8 Å². The van der Waals surface area contributed by atoms with Gasteiger partial charge in [0.25, 0.3) is 0 Å². The maximum Gasteiger partial charge on any atom is 0.410 e. The first-order valence-corrected chi connectivity index (χ1v) is 21.2. The normalized spacial score (nSPS) is 34.2. The number of nitrogens with zero attached hydrogens (tertiary/aromatic N) is 8. The van der Waals surface area contributed by atoms with E-state index in [-0.39, 0.29) is 50.8 Å². The maximum atomic E-state index is 14.1. The molecule has 0 radical (unpaired) electrons. The summed E-state index contributed by atoms with van der Waals surface area (Å²) in [5.74, 6) is -2.87. The highest BCUT2D eigenvalue weighted by atomic mass is 16.7. The summed E-state index contributed by atoms with van der Waals surface area (Å²) < 4.78 is 33.0. The summed E-state index contributed by atoms with van der Waals surface area (Å²) in [4.78, 5) is 61.0. The van der Waals surface area contributed by atoms with Crippen molar-refractivity contribution in [3.05, 3.63) is 24.5 Å². The number of carbonyl (C=O) groups is 4. The monoisotopic (exact) mass is 859 g/mol. The molecule has 0 spiro atoms. The van der Waals surface area contributed by atoms with E-state index in [9.17, 15) is 24.3 Å². The number of fused-ring (bicyclic) bond motifs is 1. The molecule has 3 aliphatic heterocycles. The van der Waals surface area contributed by atoms with Crippen LogP contribution in [0, 0.1) is 11.8 Å². The van der Waals surface area contributed by atoms with Gasteiger partial charge in [0.15, 0.2) is 11.9 Å². The number of aromatic nitrogens is 5. The van der Waals surface area contributed by atoms with Gasteiger partial charge < -0.3 is 38.6 Å². The van der Waals surface area contributed by atoms with Crippen molar-refractivity contribution in [3.63, 3.8) is 0 Å². The van der Waals surface area contributed by atoms with Crippen molar-refractivity contribution in [2.75, 3.05) is 34.3 Å². The zero-order valence-corrected chi connectivity index (χ0v) is 37.1. The van der Waals surface area contributed by atoms with Crippen LogP contribution in [0.5, 0.6) is 0 Å². The second kappa shape index (κ2) is 20.8. The zero-order valence-electron chi connectivity index (χ0n) is 37.1. The van der Waals surface area contributed by atoms with Gasteiger partial charge in [0.05, 0.1) is 36.1 Å².